The van der Waals surface area contributed by atoms with Gasteiger partial charge in [-0.05, 0) is 53.3 Å². The number of aliphatic hydroxyl groups is 4. The van der Waals surface area contributed by atoms with Crippen molar-refractivity contribution in [2.75, 3.05) is 65.4 Å². The molecule has 9 unspecified atom stereocenters. The fourth-order valence-corrected chi connectivity index (χ4v) is 9.53. The Morgan fingerprint density at radius 3 is 1.38 bits per heavy atom. The first-order valence-corrected chi connectivity index (χ1v) is 28.5. The van der Waals surface area contributed by atoms with E-state index in [4.69, 9.17) is 48.2 Å². The first-order chi connectivity index (χ1) is 36.9. The maximum absolute atomic E-state index is 12.5. The van der Waals surface area contributed by atoms with Gasteiger partial charge in [0.05, 0.1) is 76.3 Å². The summed E-state index contributed by atoms with van der Waals surface area (Å²) in [5.41, 5.74) is 3.40. The minimum atomic E-state index is -0.438. The third kappa shape index (κ3) is 25.8. The fourth-order valence-electron chi connectivity index (χ4n) is 7.42. The second-order valence-electron chi connectivity index (χ2n) is 18.0. The first kappa shape index (κ1) is 67.2. The van der Waals surface area contributed by atoms with Crippen molar-refractivity contribution in [1.82, 2.24) is 0 Å². The van der Waals surface area contributed by atoms with Gasteiger partial charge in [-0.25, -0.2) is 0 Å². The van der Waals surface area contributed by atoms with E-state index in [0.29, 0.717) is 55.7 Å². The second kappa shape index (κ2) is 42.8. The van der Waals surface area contributed by atoms with Crippen molar-refractivity contribution < 1.29 is 86.7 Å². The summed E-state index contributed by atoms with van der Waals surface area (Å²) in [4.78, 5) is 24.3. The summed E-state index contributed by atoms with van der Waals surface area (Å²) in [6, 6.07) is 14.8. The number of carbonyl (C=O) groups is 2. The molecule has 0 aromatic heterocycles. The molecule has 0 radical (unpaired) electrons. The second-order valence-corrected chi connectivity index (χ2v) is 20.9. The monoisotopic (exact) mass is 1150 g/mol. The number of hydrogen-bond donors (Lipinski definition) is 4. The van der Waals surface area contributed by atoms with E-state index < -0.39 is 6.10 Å². The van der Waals surface area contributed by atoms with Gasteiger partial charge in [-0.2, -0.15) is 12.8 Å². The van der Waals surface area contributed by atoms with Gasteiger partial charge >= 0.3 is 16.5 Å². The summed E-state index contributed by atoms with van der Waals surface area (Å²) in [5.74, 6) is 1.39. The summed E-state index contributed by atoms with van der Waals surface area (Å²) < 4.78 is 72.2. The maximum Gasteiger partial charge on any atom is 2.00 e. The van der Waals surface area contributed by atoms with Crippen LogP contribution in [0.25, 0.3) is 0 Å². The van der Waals surface area contributed by atoms with Crippen LogP contribution in [0.3, 0.4) is 0 Å². The van der Waals surface area contributed by atoms with Gasteiger partial charge in [0.25, 0.3) is 0 Å². The molecule has 4 saturated heterocycles. The van der Waals surface area contributed by atoms with Gasteiger partial charge in [0.15, 0.2) is 21.6 Å². The average molecular weight is 1150 g/mol. The molecule has 0 aliphatic carbocycles. The van der Waals surface area contributed by atoms with E-state index in [1.807, 2.05) is 71.0 Å². The van der Waals surface area contributed by atoms with Crippen molar-refractivity contribution in [3.8, 4) is 0 Å². The molecule has 4 aliphatic heterocycles. The van der Waals surface area contributed by atoms with Crippen LogP contribution in [0.5, 0.6) is 0 Å². The Morgan fingerprint density at radius 1 is 0.689 bits per heavy atom. The number of hydrogen-bond acceptors (Lipinski definition) is 16. The number of benzene rings is 2. The number of thioether (sulfide) groups is 2. The minimum Gasteiger partial charge on any atom is -0.400 e. The first-order valence-electron chi connectivity index (χ1n) is 27.9. The van der Waals surface area contributed by atoms with E-state index in [2.05, 4.69) is 58.7 Å². The van der Waals surface area contributed by atoms with Crippen molar-refractivity contribution in [3.63, 3.8) is 0 Å². The molecule has 4 aliphatic rings. The topological polar surface area (TPSA) is 189 Å². The molecule has 4 N–H and O–H groups in total. The van der Waals surface area contributed by atoms with Crippen molar-refractivity contribution in [1.29, 1.82) is 2.86 Å². The van der Waals surface area contributed by atoms with Gasteiger partial charge in [0, 0.05) is 73.4 Å². The average Bonchev–Trinajstić information content (AvgIpc) is 3.88. The van der Waals surface area contributed by atoms with Gasteiger partial charge in [-0.15, -0.1) is 0 Å². The summed E-state index contributed by atoms with van der Waals surface area (Å²) in [7, 11) is 2.46. The van der Waals surface area contributed by atoms with E-state index in [0.717, 1.165) is 61.4 Å². The predicted molar refractivity (Wildman–Crippen MR) is 300 cm³/mol. The van der Waals surface area contributed by atoms with E-state index >= 15 is 0 Å². The SMILES string of the molecule is CCC1(CC)COC(c2ccc(C(=O)SCCO)cc2)OC1.[2H]CC1OC(C)C(C)C1O.[2H]CC1OC(C)C(C)C1OPOCCSC(=O)c1ccc(C2OCC(CC)(CC)CO2)cc1.[3H]OC.[3H]OC.[CH2-]CC.[CH2-]CC.[Ni+2]. The zero-order valence-electron chi connectivity index (χ0n) is 50.5. The Bertz CT molecular complexity index is 1750. The molecule has 432 valence electrons. The van der Waals surface area contributed by atoms with Crippen LogP contribution in [0.2, 0.25) is 0 Å². The Balaban J connectivity index is 0. The molecule has 74 heavy (non-hydrogen) atoms. The smallest absolute Gasteiger partial charge is 0.400 e. The van der Waals surface area contributed by atoms with Gasteiger partial charge in [-0.3, -0.25) is 9.59 Å². The van der Waals surface area contributed by atoms with Crippen LogP contribution in [-0.2, 0) is 54.0 Å². The summed E-state index contributed by atoms with van der Waals surface area (Å²) >= 11 is 2.36. The van der Waals surface area contributed by atoms with Crippen LogP contribution < -0.4 is 0 Å². The van der Waals surface area contributed by atoms with Gasteiger partial charge in [-0.1, -0.05) is 127 Å². The third-order valence-electron chi connectivity index (χ3n) is 13.1. The van der Waals surface area contributed by atoms with Crippen LogP contribution in [0.1, 0.15) is 169 Å². The van der Waals surface area contributed by atoms with Crippen LogP contribution in [-0.4, -0.2) is 136 Å². The van der Waals surface area contributed by atoms with Crippen molar-refractivity contribution in [2.45, 2.75) is 171 Å². The van der Waals surface area contributed by atoms with E-state index in [1.165, 1.54) is 26.0 Å². The normalized spacial score (nSPS) is 25.5. The van der Waals surface area contributed by atoms with Crippen LogP contribution in [0.15, 0.2) is 48.5 Å². The molecule has 4 fully saturated rings. The number of ether oxygens (including phenoxy) is 6. The van der Waals surface area contributed by atoms with Crippen molar-refractivity contribution >= 4 is 42.8 Å². The molecule has 0 spiro atoms. The van der Waals surface area contributed by atoms with E-state index in [9.17, 15) is 14.7 Å². The fraction of sp³-hybridized carbons (Fsp3) is 0.714. The standard InChI is InChI=1S/C24H37O6PS.C17H24O4S.C7H14O2.2C3H7.2CH4O.Ni/c1-6-24(7-2)14-26-23(27-15-24)20-10-8-19(9-11-20)22(25)32-13-12-28-31-30-21-16(3)17(4)29-18(21)5;1-3-17(4-2)11-20-16(21-12-17)14-7-5-13(6-8-14)15(19)22-10-9-18;1-4-5(2)9-6(3)7(4)8;2*1-3-2;2*1-2;/h8-11,16-18,21,23,31H,6-7,12-15H2,1-5H3;5-8,16,18H,3-4,9-12H2,1-2H3;4-8H,1-3H3;2*1,3H2,2H3;2*2H,1H3;/q;;;2*-1;;;+2/i5D;;3D;;;2*2T;. The summed E-state index contributed by atoms with van der Waals surface area (Å²) in [5, 5.41) is 25.1. The Kier molecular flexibility index (Phi) is 38.9. The van der Waals surface area contributed by atoms with Crippen LogP contribution >= 0.6 is 32.6 Å². The maximum atomic E-state index is 12.5. The number of carbonyl (C=O) groups excluding carboxylic acids is 2. The summed E-state index contributed by atoms with van der Waals surface area (Å²) in [6.45, 7) is 31.2. The molecule has 0 saturated carbocycles. The molecular formula is C56H97NiO14PS2. The number of rotatable bonds is 16. The molecule has 14 nitrogen and oxygen atoms in total. The van der Waals surface area contributed by atoms with E-state index in [-0.39, 0.29) is 122 Å². The Labute approximate surface area is 473 Å². The van der Waals surface area contributed by atoms with Gasteiger partial charge in [0.1, 0.15) is 0 Å². The number of aliphatic hydroxyl groups excluding tert-OH is 4. The molecule has 2 aromatic carbocycles. The molecule has 4 heterocycles. The largest absolute Gasteiger partial charge is 2.00 e. The predicted octanol–water partition coefficient (Wildman–Crippen LogP) is 11.6. The summed E-state index contributed by atoms with van der Waals surface area (Å²) in [6.07, 6.45) is 4.64. The molecular weight excluding hydrogens is 1050 g/mol. The van der Waals surface area contributed by atoms with Crippen molar-refractivity contribution in [2.24, 2.45) is 22.7 Å². The van der Waals surface area contributed by atoms with Crippen molar-refractivity contribution in [3.05, 3.63) is 84.6 Å². The zero-order chi connectivity index (χ0) is 58.4. The zero-order valence-corrected chi connectivity index (χ0v) is 50.2. The minimum absolute atomic E-state index is 0. The Hall–Kier alpha value is -1.08. The van der Waals surface area contributed by atoms with Gasteiger partial charge < -0.3 is 71.7 Å². The molecule has 18 heteroatoms. The van der Waals surface area contributed by atoms with E-state index in [1.54, 1.807) is 12.1 Å². The molecule has 0 bridgehead atoms. The molecule has 9 atom stereocenters. The van der Waals surface area contributed by atoms with Crippen LogP contribution in [0, 0.1) is 36.5 Å². The molecule has 0 amide bonds. The third-order valence-corrected chi connectivity index (χ3v) is 15.5. The quantitative estimate of drug-likeness (QED) is 0.0537. The van der Waals surface area contributed by atoms with Gasteiger partial charge in [0.2, 0.25) is 13.1 Å². The molecule has 2 aromatic rings. The van der Waals surface area contributed by atoms with Crippen LogP contribution in [0.4, 0.5) is 0 Å². The Morgan fingerprint density at radius 2 is 1.05 bits per heavy atom. The molecule has 6 rings (SSSR count).